The lowest BCUT2D eigenvalue weighted by Crippen LogP contribution is -2.35. The molecule has 164 valence electrons. The summed E-state index contributed by atoms with van der Waals surface area (Å²) in [6.45, 7) is 8.99. The van der Waals surface area contributed by atoms with Crippen LogP contribution in [-0.2, 0) is 6.54 Å². The molecule has 1 aliphatic heterocycles. The van der Waals surface area contributed by atoms with E-state index >= 15 is 0 Å². The standard InChI is InChI=1S/C24H31N5O2/c1-3-28(16-19-10-6-4-7-11-19)15-12-25-23(30)20-18(2)31-24-21(20)22(26-17-27-24)29-13-8-5-9-14-29/h4,6-7,10-11,17H,3,5,8-9,12-16H2,1-2H3,(H,25,30). The highest BCUT2D eigenvalue weighted by molar-refractivity contribution is 6.10. The molecule has 0 bridgehead atoms. The van der Waals surface area contributed by atoms with Crippen molar-refractivity contribution in [1.82, 2.24) is 20.2 Å². The minimum absolute atomic E-state index is 0.125. The van der Waals surface area contributed by atoms with Crippen molar-refractivity contribution in [3.63, 3.8) is 0 Å². The first-order valence-corrected chi connectivity index (χ1v) is 11.2. The van der Waals surface area contributed by atoms with Crippen molar-refractivity contribution < 1.29 is 9.21 Å². The van der Waals surface area contributed by atoms with Gasteiger partial charge in [-0.1, -0.05) is 37.3 Å². The summed E-state index contributed by atoms with van der Waals surface area (Å²) in [7, 11) is 0. The van der Waals surface area contributed by atoms with Crippen LogP contribution in [0.2, 0.25) is 0 Å². The maximum absolute atomic E-state index is 13.1. The number of carbonyl (C=O) groups is 1. The molecule has 1 aliphatic rings. The SMILES string of the molecule is CCN(CCNC(=O)c1c(C)oc2ncnc(N3CCCCC3)c12)Cc1ccccc1. The number of aromatic nitrogens is 2. The highest BCUT2D eigenvalue weighted by Gasteiger charge is 2.25. The van der Waals surface area contributed by atoms with Gasteiger partial charge in [-0.05, 0) is 38.3 Å². The molecule has 1 N–H and O–H groups in total. The van der Waals surface area contributed by atoms with E-state index in [0.29, 0.717) is 23.6 Å². The van der Waals surface area contributed by atoms with Gasteiger partial charge < -0.3 is 14.6 Å². The van der Waals surface area contributed by atoms with Crippen molar-refractivity contribution in [1.29, 1.82) is 0 Å². The molecule has 1 saturated heterocycles. The molecule has 1 aromatic carbocycles. The number of nitrogens with one attached hydrogen (secondary N) is 1. The first-order chi connectivity index (χ1) is 15.2. The maximum Gasteiger partial charge on any atom is 0.255 e. The van der Waals surface area contributed by atoms with E-state index in [2.05, 4.69) is 56.3 Å². The molecule has 0 atom stereocenters. The summed E-state index contributed by atoms with van der Waals surface area (Å²) >= 11 is 0. The van der Waals surface area contributed by atoms with Crippen LogP contribution in [0.5, 0.6) is 0 Å². The van der Waals surface area contributed by atoms with Crippen molar-refractivity contribution in [2.45, 2.75) is 39.7 Å². The van der Waals surface area contributed by atoms with E-state index in [1.807, 2.05) is 13.0 Å². The van der Waals surface area contributed by atoms with Crippen LogP contribution in [0.25, 0.3) is 11.1 Å². The summed E-state index contributed by atoms with van der Waals surface area (Å²) < 4.78 is 5.83. The van der Waals surface area contributed by atoms with Crippen LogP contribution in [0.3, 0.4) is 0 Å². The molecule has 7 heteroatoms. The van der Waals surface area contributed by atoms with Gasteiger partial charge in [-0.25, -0.2) is 9.97 Å². The van der Waals surface area contributed by atoms with Crippen molar-refractivity contribution in [2.24, 2.45) is 0 Å². The Morgan fingerprint density at radius 2 is 1.94 bits per heavy atom. The largest absolute Gasteiger partial charge is 0.442 e. The summed E-state index contributed by atoms with van der Waals surface area (Å²) in [5, 5.41) is 3.82. The Balaban J connectivity index is 1.46. The van der Waals surface area contributed by atoms with E-state index in [1.54, 1.807) is 0 Å². The number of benzene rings is 1. The quantitative estimate of drug-likeness (QED) is 0.597. The first kappa shape index (κ1) is 21.3. The minimum Gasteiger partial charge on any atom is -0.442 e. The van der Waals surface area contributed by atoms with Gasteiger partial charge in [0.25, 0.3) is 5.91 Å². The van der Waals surface area contributed by atoms with Gasteiger partial charge in [0.15, 0.2) is 0 Å². The molecule has 7 nitrogen and oxygen atoms in total. The number of amides is 1. The third-order valence-corrected chi connectivity index (χ3v) is 5.94. The van der Waals surface area contributed by atoms with Gasteiger partial charge in [0.1, 0.15) is 17.9 Å². The topological polar surface area (TPSA) is 74.5 Å². The monoisotopic (exact) mass is 421 g/mol. The average molecular weight is 422 g/mol. The van der Waals surface area contributed by atoms with E-state index < -0.39 is 0 Å². The Bertz CT molecular complexity index is 1010. The summed E-state index contributed by atoms with van der Waals surface area (Å²) in [5.41, 5.74) is 2.32. The molecular formula is C24H31N5O2. The second-order valence-electron chi connectivity index (χ2n) is 8.07. The number of likely N-dealkylation sites (N-methyl/N-ethyl adjacent to an activating group) is 1. The second kappa shape index (κ2) is 9.92. The fourth-order valence-corrected chi connectivity index (χ4v) is 4.25. The third kappa shape index (κ3) is 4.88. The molecule has 2 aromatic heterocycles. The summed E-state index contributed by atoms with van der Waals surface area (Å²) in [5.74, 6) is 1.27. The average Bonchev–Trinajstić information content (AvgIpc) is 3.15. The van der Waals surface area contributed by atoms with Gasteiger partial charge in [0.05, 0.1) is 10.9 Å². The molecule has 31 heavy (non-hydrogen) atoms. The van der Waals surface area contributed by atoms with Crippen LogP contribution in [0.15, 0.2) is 41.1 Å². The molecule has 1 amide bonds. The number of nitrogens with zero attached hydrogens (tertiary/aromatic N) is 4. The molecule has 3 aromatic rings. The van der Waals surface area contributed by atoms with Gasteiger partial charge in [-0.15, -0.1) is 0 Å². The zero-order valence-electron chi connectivity index (χ0n) is 18.4. The summed E-state index contributed by atoms with van der Waals surface area (Å²) in [6, 6.07) is 10.4. The van der Waals surface area contributed by atoms with Crippen LogP contribution in [0, 0.1) is 6.92 Å². The number of anilines is 1. The van der Waals surface area contributed by atoms with Crippen LogP contribution >= 0.6 is 0 Å². The van der Waals surface area contributed by atoms with Crippen LogP contribution in [0.1, 0.15) is 47.9 Å². The molecule has 0 spiro atoms. The Kier molecular flexibility index (Phi) is 6.82. The van der Waals surface area contributed by atoms with E-state index in [9.17, 15) is 4.79 Å². The predicted molar refractivity (Wildman–Crippen MR) is 122 cm³/mol. The van der Waals surface area contributed by atoms with E-state index in [4.69, 9.17) is 4.42 Å². The van der Waals surface area contributed by atoms with Crippen molar-refractivity contribution >= 4 is 22.8 Å². The van der Waals surface area contributed by atoms with Crippen LogP contribution < -0.4 is 10.2 Å². The smallest absolute Gasteiger partial charge is 0.255 e. The van der Waals surface area contributed by atoms with Crippen molar-refractivity contribution in [3.8, 4) is 0 Å². The number of aryl methyl sites for hydroxylation is 1. The zero-order valence-corrected chi connectivity index (χ0v) is 18.4. The molecule has 0 saturated carbocycles. The Morgan fingerprint density at radius 1 is 1.16 bits per heavy atom. The van der Waals surface area contributed by atoms with Crippen molar-refractivity contribution in [2.75, 3.05) is 37.6 Å². The molecule has 4 rings (SSSR count). The van der Waals surface area contributed by atoms with Gasteiger partial charge in [0.2, 0.25) is 5.71 Å². The molecule has 0 unspecified atom stereocenters. The number of piperidine rings is 1. The molecule has 1 fully saturated rings. The summed E-state index contributed by atoms with van der Waals surface area (Å²) in [6.07, 6.45) is 5.04. The molecular weight excluding hydrogens is 390 g/mol. The first-order valence-electron chi connectivity index (χ1n) is 11.2. The Morgan fingerprint density at radius 3 is 2.68 bits per heavy atom. The normalized spacial score (nSPS) is 14.4. The minimum atomic E-state index is -0.125. The van der Waals surface area contributed by atoms with Gasteiger partial charge >= 0.3 is 0 Å². The number of carbonyl (C=O) groups excluding carboxylic acids is 1. The highest BCUT2D eigenvalue weighted by Crippen LogP contribution is 2.32. The fraction of sp³-hybridized carbons (Fsp3) is 0.458. The molecule has 0 radical (unpaired) electrons. The van der Waals surface area contributed by atoms with E-state index in [0.717, 1.165) is 56.8 Å². The van der Waals surface area contributed by atoms with Crippen LogP contribution in [-0.4, -0.2) is 53.5 Å². The van der Waals surface area contributed by atoms with Crippen LogP contribution in [0.4, 0.5) is 5.82 Å². The Hall–Kier alpha value is -2.93. The number of rotatable bonds is 8. The maximum atomic E-state index is 13.1. The zero-order chi connectivity index (χ0) is 21.6. The fourth-order valence-electron chi connectivity index (χ4n) is 4.25. The lowest BCUT2D eigenvalue weighted by atomic mass is 10.1. The predicted octanol–water partition coefficient (Wildman–Crippen LogP) is 3.77. The number of fused-ring (bicyclic) bond motifs is 1. The second-order valence-corrected chi connectivity index (χ2v) is 8.07. The van der Waals surface area contributed by atoms with Gasteiger partial charge in [-0.2, -0.15) is 0 Å². The molecule has 0 aliphatic carbocycles. The molecule has 3 heterocycles. The third-order valence-electron chi connectivity index (χ3n) is 5.94. The number of furan rings is 1. The summed E-state index contributed by atoms with van der Waals surface area (Å²) in [4.78, 5) is 26.5. The van der Waals surface area contributed by atoms with Crippen molar-refractivity contribution in [3.05, 3.63) is 53.5 Å². The van der Waals surface area contributed by atoms with E-state index in [1.165, 1.54) is 18.3 Å². The van der Waals surface area contributed by atoms with Gasteiger partial charge in [0, 0.05) is 32.7 Å². The number of hydrogen-bond donors (Lipinski definition) is 1. The lowest BCUT2D eigenvalue weighted by Gasteiger charge is -2.28. The van der Waals surface area contributed by atoms with Gasteiger partial charge in [-0.3, -0.25) is 9.69 Å². The highest BCUT2D eigenvalue weighted by atomic mass is 16.3. The lowest BCUT2D eigenvalue weighted by molar-refractivity contribution is 0.0948. The van der Waals surface area contributed by atoms with E-state index in [-0.39, 0.29) is 5.91 Å². The Labute approximate surface area is 183 Å². The number of hydrogen-bond acceptors (Lipinski definition) is 6.